The van der Waals surface area contributed by atoms with E-state index in [-0.39, 0.29) is 24.5 Å². The first-order valence-electron chi connectivity index (χ1n) is 7.05. The molecule has 0 saturated carbocycles. The van der Waals surface area contributed by atoms with Crippen LogP contribution in [0.5, 0.6) is 0 Å². The summed E-state index contributed by atoms with van der Waals surface area (Å²) in [5.74, 6) is -0.836. The summed E-state index contributed by atoms with van der Waals surface area (Å²) >= 11 is 0. The van der Waals surface area contributed by atoms with Gasteiger partial charge in [-0.3, -0.25) is 14.5 Å². The molecule has 0 atom stereocenters. The maximum absolute atomic E-state index is 12.3. The second-order valence-corrected chi connectivity index (χ2v) is 6.22. The van der Waals surface area contributed by atoms with Crippen LogP contribution in [0.1, 0.15) is 46.5 Å². The van der Waals surface area contributed by atoms with Crippen molar-refractivity contribution in [1.82, 2.24) is 9.80 Å². The fourth-order valence-corrected chi connectivity index (χ4v) is 2.28. The minimum Gasteiger partial charge on any atom is -0.480 e. The van der Waals surface area contributed by atoms with E-state index in [0.29, 0.717) is 0 Å². The van der Waals surface area contributed by atoms with Gasteiger partial charge in [-0.25, -0.2) is 0 Å². The molecule has 1 rings (SSSR count). The first-order valence-corrected chi connectivity index (χ1v) is 7.05. The smallest absolute Gasteiger partial charge is 0.317 e. The van der Waals surface area contributed by atoms with E-state index in [9.17, 15) is 9.59 Å². The molecule has 0 bridgehead atoms. The van der Waals surface area contributed by atoms with Gasteiger partial charge in [0.05, 0.1) is 13.1 Å². The number of carboxylic acid groups (broad SMARTS) is 1. The van der Waals surface area contributed by atoms with E-state index in [1.807, 2.05) is 25.7 Å². The molecule has 0 radical (unpaired) electrons. The Morgan fingerprint density at radius 2 is 1.58 bits per heavy atom. The van der Waals surface area contributed by atoms with Gasteiger partial charge in [-0.05, 0) is 33.6 Å². The molecule has 1 saturated heterocycles. The molecule has 110 valence electrons. The SMILES string of the molecule is CC(C)(C)N(CC(=O)O)CC(=O)N1CCCCCC1. The number of hydrogen-bond donors (Lipinski definition) is 1. The molecular formula is C14H26N2O3. The Morgan fingerprint density at radius 3 is 2.00 bits per heavy atom. The van der Waals surface area contributed by atoms with E-state index in [0.717, 1.165) is 25.9 Å². The molecule has 5 nitrogen and oxygen atoms in total. The van der Waals surface area contributed by atoms with Gasteiger partial charge >= 0.3 is 5.97 Å². The van der Waals surface area contributed by atoms with Gasteiger partial charge in [-0.2, -0.15) is 0 Å². The van der Waals surface area contributed by atoms with Gasteiger partial charge < -0.3 is 10.0 Å². The monoisotopic (exact) mass is 270 g/mol. The number of aliphatic carboxylic acids is 1. The van der Waals surface area contributed by atoms with Crippen molar-refractivity contribution in [2.45, 2.75) is 52.0 Å². The van der Waals surface area contributed by atoms with Gasteiger partial charge in [-0.1, -0.05) is 12.8 Å². The Labute approximate surface area is 115 Å². The Bertz CT molecular complexity index is 315. The summed E-state index contributed by atoms with van der Waals surface area (Å²) in [6, 6.07) is 0. The summed E-state index contributed by atoms with van der Waals surface area (Å²) in [6.45, 7) is 7.52. The van der Waals surface area contributed by atoms with Crippen molar-refractivity contribution in [2.24, 2.45) is 0 Å². The molecule has 0 aliphatic carbocycles. The third-order valence-corrected chi connectivity index (χ3v) is 3.56. The van der Waals surface area contributed by atoms with Crippen LogP contribution in [0.2, 0.25) is 0 Å². The predicted octanol–water partition coefficient (Wildman–Crippen LogP) is 1.57. The third kappa shape index (κ3) is 5.59. The van der Waals surface area contributed by atoms with Crippen molar-refractivity contribution in [1.29, 1.82) is 0 Å². The van der Waals surface area contributed by atoms with Crippen molar-refractivity contribution < 1.29 is 14.7 Å². The van der Waals surface area contributed by atoms with Gasteiger partial charge in [-0.15, -0.1) is 0 Å². The first-order chi connectivity index (χ1) is 8.80. The highest BCUT2D eigenvalue weighted by atomic mass is 16.4. The fourth-order valence-electron chi connectivity index (χ4n) is 2.28. The molecule has 0 aromatic rings. The second-order valence-electron chi connectivity index (χ2n) is 6.22. The zero-order chi connectivity index (χ0) is 14.5. The number of nitrogens with zero attached hydrogens (tertiary/aromatic N) is 2. The number of hydrogen-bond acceptors (Lipinski definition) is 3. The van der Waals surface area contributed by atoms with E-state index in [2.05, 4.69) is 0 Å². The number of carbonyl (C=O) groups is 2. The van der Waals surface area contributed by atoms with Crippen LogP contribution in [-0.4, -0.2) is 58.5 Å². The van der Waals surface area contributed by atoms with Crippen molar-refractivity contribution in [3.63, 3.8) is 0 Å². The molecule has 1 fully saturated rings. The Hall–Kier alpha value is -1.10. The van der Waals surface area contributed by atoms with Gasteiger partial charge in [0.1, 0.15) is 0 Å². The molecule has 1 N–H and O–H groups in total. The molecule has 5 heteroatoms. The van der Waals surface area contributed by atoms with Crippen LogP contribution in [0.4, 0.5) is 0 Å². The highest BCUT2D eigenvalue weighted by Gasteiger charge is 2.27. The van der Waals surface area contributed by atoms with Gasteiger partial charge in [0.15, 0.2) is 0 Å². The molecule has 0 aromatic carbocycles. The van der Waals surface area contributed by atoms with E-state index >= 15 is 0 Å². The van der Waals surface area contributed by atoms with Gasteiger partial charge in [0.2, 0.25) is 5.91 Å². The molecular weight excluding hydrogens is 244 g/mol. The maximum Gasteiger partial charge on any atom is 0.317 e. The third-order valence-electron chi connectivity index (χ3n) is 3.56. The topological polar surface area (TPSA) is 60.9 Å². The summed E-state index contributed by atoms with van der Waals surface area (Å²) in [5, 5.41) is 8.95. The molecule has 0 unspecified atom stereocenters. The van der Waals surface area contributed by atoms with E-state index < -0.39 is 5.97 Å². The van der Waals surface area contributed by atoms with Crippen LogP contribution < -0.4 is 0 Å². The van der Waals surface area contributed by atoms with Crippen molar-refractivity contribution in [3.05, 3.63) is 0 Å². The number of amides is 1. The highest BCUT2D eigenvalue weighted by molar-refractivity contribution is 5.79. The van der Waals surface area contributed by atoms with Crippen LogP contribution in [0.15, 0.2) is 0 Å². The molecule has 1 amide bonds. The van der Waals surface area contributed by atoms with E-state index in [1.54, 1.807) is 4.90 Å². The van der Waals surface area contributed by atoms with Crippen LogP contribution >= 0.6 is 0 Å². The minimum absolute atomic E-state index is 0.0538. The van der Waals surface area contributed by atoms with Crippen molar-refractivity contribution in [3.8, 4) is 0 Å². The lowest BCUT2D eigenvalue weighted by molar-refractivity contribution is -0.141. The summed E-state index contributed by atoms with van der Waals surface area (Å²) in [5.41, 5.74) is -0.320. The second kappa shape index (κ2) is 6.89. The summed E-state index contributed by atoms with van der Waals surface area (Å²) in [4.78, 5) is 26.8. The lowest BCUT2D eigenvalue weighted by Crippen LogP contribution is -2.50. The Kier molecular flexibility index (Phi) is 5.79. The standard InChI is InChI=1S/C14H26N2O3/c1-14(2,3)16(11-13(18)19)10-12(17)15-8-6-4-5-7-9-15/h4-11H2,1-3H3,(H,18,19). The largest absolute Gasteiger partial charge is 0.480 e. The summed E-state index contributed by atoms with van der Waals surface area (Å²) in [7, 11) is 0. The van der Waals surface area contributed by atoms with Crippen LogP contribution in [0.3, 0.4) is 0 Å². The zero-order valence-electron chi connectivity index (χ0n) is 12.3. The number of rotatable bonds is 4. The fraction of sp³-hybridized carbons (Fsp3) is 0.857. The first kappa shape index (κ1) is 16.0. The number of carboxylic acids is 1. The summed E-state index contributed by atoms with van der Waals surface area (Å²) in [6.07, 6.45) is 4.48. The summed E-state index contributed by atoms with van der Waals surface area (Å²) < 4.78 is 0. The van der Waals surface area contributed by atoms with Crippen LogP contribution in [0, 0.1) is 0 Å². The molecule has 1 aliphatic rings. The average Bonchev–Trinajstić information content (AvgIpc) is 2.54. The van der Waals surface area contributed by atoms with E-state index in [1.165, 1.54) is 12.8 Å². The lowest BCUT2D eigenvalue weighted by atomic mass is 10.1. The molecule has 0 spiro atoms. The lowest BCUT2D eigenvalue weighted by Gasteiger charge is -2.35. The van der Waals surface area contributed by atoms with Gasteiger partial charge in [0.25, 0.3) is 0 Å². The molecule has 19 heavy (non-hydrogen) atoms. The normalized spacial score (nSPS) is 17.4. The van der Waals surface area contributed by atoms with Crippen molar-refractivity contribution in [2.75, 3.05) is 26.2 Å². The average molecular weight is 270 g/mol. The van der Waals surface area contributed by atoms with E-state index in [4.69, 9.17) is 5.11 Å². The van der Waals surface area contributed by atoms with Gasteiger partial charge in [0, 0.05) is 18.6 Å². The molecule has 1 aliphatic heterocycles. The minimum atomic E-state index is -0.890. The predicted molar refractivity (Wildman–Crippen MR) is 74.0 cm³/mol. The van der Waals surface area contributed by atoms with Crippen LogP contribution in [0.25, 0.3) is 0 Å². The van der Waals surface area contributed by atoms with Crippen molar-refractivity contribution >= 4 is 11.9 Å². The quantitative estimate of drug-likeness (QED) is 0.842. The Morgan fingerprint density at radius 1 is 1.05 bits per heavy atom. The number of carbonyl (C=O) groups excluding carboxylic acids is 1. The maximum atomic E-state index is 12.3. The Balaban J connectivity index is 2.61. The molecule has 0 aromatic heterocycles. The van der Waals surface area contributed by atoms with Crippen LogP contribution in [-0.2, 0) is 9.59 Å². The zero-order valence-corrected chi connectivity index (χ0v) is 12.3. The highest BCUT2D eigenvalue weighted by Crippen LogP contribution is 2.15. The number of likely N-dealkylation sites (tertiary alicyclic amines) is 1. The molecule has 1 heterocycles.